The molecule has 0 aromatic heterocycles. The van der Waals surface area contributed by atoms with Crippen molar-refractivity contribution in [3.63, 3.8) is 0 Å². The maximum absolute atomic E-state index is 11.2. The lowest BCUT2D eigenvalue weighted by Gasteiger charge is -2.06. The molecule has 4 nitrogen and oxygen atoms in total. The number of benzene rings is 1. The highest BCUT2D eigenvalue weighted by atomic mass is 16.2. The van der Waals surface area contributed by atoms with E-state index < -0.39 is 5.91 Å². The van der Waals surface area contributed by atoms with Crippen molar-refractivity contribution < 1.29 is 9.59 Å². The van der Waals surface area contributed by atoms with Gasteiger partial charge in [0.2, 0.25) is 5.91 Å². The zero-order valence-corrected chi connectivity index (χ0v) is 8.36. The van der Waals surface area contributed by atoms with E-state index in [1.54, 1.807) is 37.3 Å². The van der Waals surface area contributed by atoms with E-state index in [9.17, 15) is 9.59 Å². The second-order valence-corrected chi connectivity index (χ2v) is 2.90. The topological polar surface area (TPSA) is 72.2 Å². The van der Waals surface area contributed by atoms with E-state index in [1.165, 1.54) is 6.08 Å². The lowest BCUT2D eigenvalue weighted by Crippen LogP contribution is -2.16. The summed E-state index contributed by atoms with van der Waals surface area (Å²) in [6.07, 6.45) is 2.99. The van der Waals surface area contributed by atoms with Crippen LogP contribution in [-0.4, -0.2) is 11.8 Å². The van der Waals surface area contributed by atoms with Crippen LogP contribution in [0, 0.1) is 0 Å². The van der Waals surface area contributed by atoms with Gasteiger partial charge in [-0.2, -0.15) is 0 Å². The van der Waals surface area contributed by atoms with E-state index in [1.807, 2.05) is 0 Å². The average molecular weight is 204 g/mol. The van der Waals surface area contributed by atoms with Gasteiger partial charge in [-0.3, -0.25) is 9.59 Å². The fraction of sp³-hybridized carbons (Fsp3) is 0.0909. The minimum Gasteiger partial charge on any atom is -0.366 e. The number of nitrogens with one attached hydrogen (secondary N) is 1. The first-order valence-corrected chi connectivity index (χ1v) is 4.47. The molecular formula is C11H12N2O2. The van der Waals surface area contributed by atoms with Crippen LogP contribution in [0.2, 0.25) is 0 Å². The van der Waals surface area contributed by atoms with Gasteiger partial charge in [0.25, 0.3) is 5.91 Å². The molecule has 1 aromatic carbocycles. The van der Waals surface area contributed by atoms with E-state index in [-0.39, 0.29) is 5.91 Å². The van der Waals surface area contributed by atoms with Crippen LogP contribution in [0.25, 0.3) is 0 Å². The Morgan fingerprint density at radius 3 is 2.60 bits per heavy atom. The summed E-state index contributed by atoms with van der Waals surface area (Å²) in [4.78, 5) is 22.3. The largest absolute Gasteiger partial charge is 0.366 e. The van der Waals surface area contributed by atoms with Crippen molar-refractivity contribution in [2.24, 2.45) is 5.73 Å². The Bertz CT molecular complexity index is 411. The highest BCUT2D eigenvalue weighted by molar-refractivity contribution is 6.05. The molecular weight excluding hydrogens is 192 g/mol. The average Bonchev–Trinajstić information content (AvgIpc) is 2.18. The second kappa shape index (κ2) is 4.95. The number of nitrogens with two attached hydrogens (primary N) is 1. The molecule has 0 saturated carbocycles. The lowest BCUT2D eigenvalue weighted by molar-refractivity contribution is -0.111. The summed E-state index contributed by atoms with van der Waals surface area (Å²) in [7, 11) is 0. The predicted octanol–water partition coefficient (Wildman–Crippen LogP) is 1.30. The van der Waals surface area contributed by atoms with Crippen LogP contribution in [0.15, 0.2) is 36.4 Å². The van der Waals surface area contributed by atoms with Gasteiger partial charge in [0.15, 0.2) is 0 Å². The molecule has 0 bridgehead atoms. The van der Waals surface area contributed by atoms with Crippen molar-refractivity contribution in [1.29, 1.82) is 0 Å². The van der Waals surface area contributed by atoms with E-state index in [0.29, 0.717) is 11.3 Å². The minimum atomic E-state index is -0.564. The zero-order chi connectivity index (χ0) is 11.3. The fourth-order valence-electron chi connectivity index (χ4n) is 1.13. The lowest BCUT2D eigenvalue weighted by atomic mass is 10.1. The number of allylic oxidation sites excluding steroid dienone is 1. The van der Waals surface area contributed by atoms with E-state index in [0.717, 1.165) is 0 Å². The number of hydrogen-bond donors (Lipinski definition) is 2. The van der Waals surface area contributed by atoms with Gasteiger partial charge in [-0.15, -0.1) is 0 Å². The molecule has 0 saturated heterocycles. The van der Waals surface area contributed by atoms with Gasteiger partial charge in [-0.1, -0.05) is 18.2 Å². The highest BCUT2D eigenvalue weighted by Crippen LogP contribution is 2.13. The van der Waals surface area contributed by atoms with Crippen LogP contribution >= 0.6 is 0 Å². The van der Waals surface area contributed by atoms with Crippen molar-refractivity contribution in [3.05, 3.63) is 42.0 Å². The number of carbonyl (C=O) groups excluding carboxylic acids is 2. The summed E-state index contributed by atoms with van der Waals surface area (Å²) in [6, 6.07) is 6.60. The third-order valence-electron chi connectivity index (χ3n) is 1.77. The molecule has 4 heteroatoms. The molecule has 2 amide bonds. The number of carbonyl (C=O) groups is 2. The molecule has 0 fully saturated rings. The molecule has 1 rings (SSSR count). The number of anilines is 1. The predicted molar refractivity (Wildman–Crippen MR) is 58.4 cm³/mol. The summed E-state index contributed by atoms with van der Waals surface area (Å²) >= 11 is 0. The van der Waals surface area contributed by atoms with Gasteiger partial charge in [-0.05, 0) is 25.1 Å². The van der Waals surface area contributed by atoms with Crippen LogP contribution in [-0.2, 0) is 4.79 Å². The summed E-state index contributed by atoms with van der Waals surface area (Å²) in [5, 5.41) is 2.57. The Hall–Kier alpha value is -2.10. The maximum atomic E-state index is 11.2. The molecule has 78 valence electrons. The van der Waals surface area contributed by atoms with Gasteiger partial charge >= 0.3 is 0 Å². The molecule has 15 heavy (non-hydrogen) atoms. The Kier molecular flexibility index (Phi) is 3.62. The second-order valence-electron chi connectivity index (χ2n) is 2.90. The summed E-state index contributed by atoms with van der Waals surface area (Å²) in [6.45, 7) is 1.74. The molecule has 1 aromatic rings. The molecule has 0 aliphatic carbocycles. The molecule has 3 N–H and O–H groups in total. The van der Waals surface area contributed by atoms with Gasteiger partial charge in [-0.25, -0.2) is 0 Å². The van der Waals surface area contributed by atoms with Crippen molar-refractivity contribution in [2.75, 3.05) is 5.32 Å². The fourth-order valence-corrected chi connectivity index (χ4v) is 1.13. The summed E-state index contributed by atoms with van der Waals surface area (Å²) in [5.41, 5.74) is 5.88. The number of hydrogen-bond acceptors (Lipinski definition) is 2. The number of para-hydroxylation sites is 1. The molecule has 0 heterocycles. The van der Waals surface area contributed by atoms with Gasteiger partial charge < -0.3 is 11.1 Å². The van der Waals surface area contributed by atoms with E-state index >= 15 is 0 Å². The van der Waals surface area contributed by atoms with Gasteiger partial charge in [0, 0.05) is 0 Å². The third kappa shape index (κ3) is 2.95. The summed E-state index contributed by atoms with van der Waals surface area (Å²) < 4.78 is 0. The van der Waals surface area contributed by atoms with Gasteiger partial charge in [0.05, 0.1) is 11.3 Å². The number of amides is 2. The monoisotopic (exact) mass is 204 g/mol. The Labute approximate surface area is 87.8 Å². The highest BCUT2D eigenvalue weighted by Gasteiger charge is 2.07. The minimum absolute atomic E-state index is 0.286. The standard InChI is InChI=1S/C11H12N2O2/c1-2-5-10(14)13-9-7-4-3-6-8(9)11(12)15/h2-7H,1H3,(H2,12,15)(H,13,14). The van der Waals surface area contributed by atoms with Crippen molar-refractivity contribution in [2.45, 2.75) is 6.92 Å². The van der Waals surface area contributed by atoms with Crippen molar-refractivity contribution in [3.8, 4) is 0 Å². The summed E-state index contributed by atoms with van der Waals surface area (Å²) in [5.74, 6) is -0.849. The Morgan fingerprint density at radius 1 is 1.33 bits per heavy atom. The number of rotatable bonds is 3. The molecule has 0 aliphatic rings. The molecule has 0 unspecified atom stereocenters. The van der Waals surface area contributed by atoms with Crippen LogP contribution in [0.3, 0.4) is 0 Å². The van der Waals surface area contributed by atoms with Crippen molar-refractivity contribution in [1.82, 2.24) is 0 Å². The maximum Gasteiger partial charge on any atom is 0.250 e. The van der Waals surface area contributed by atoms with E-state index in [2.05, 4.69) is 5.32 Å². The van der Waals surface area contributed by atoms with Gasteiger partial charge in [0.1, 0.15) is 0 Å². The molecule has 0 aliphatic heterocycles. The first kappa shape index (κ1) is 11.0. The molecule has 0 atom stereocenters. The van der Waals surface area contributed by atoms with Crippen LogP contribution in [0.5, 0.6) is 0 Å². The Balaban J connectivity index is 2.94. The van der Waals surface area contributed by atoms with E-state index in [4.69, 9.17) is 5.73 Å². The van der Waals surface area contributed by atoms with Crippen LogP contribution in [0.1, 0.15) is 17.3 Å². The third-order valence-corrected chi connectivity index (χ3v) is 1.77. The normalized spacial score (nSPS) is 10.2. The number of primary amides is 1. The first-order chi connectivity index (χ1) is 7.15. The Morgan fingerprint density at radius 2 is 2.00 bits per heavy atom. The first-order valence-electron chi connectivity index (χ1n) is 4.47. The SMILES string of the molecule is CC=CC(=O)Nc1ccccc1C(N)=O. The molecule has 0 radical (unpaired) electrons. The zero-order valence-electron chi connectivity index (χ0n) is 8.36. The van der Waals surface area contributed by atoms with Crippen LogP contribution < -0.4 is 11.1 Å². The quantitative estimate of drug-likeness (QED) is 0.728. The van der Waals surface area contributed by atoms with Crippen molar-refractivity contribution >= 4 is 17.5 Å². The van der Waals surface area contributed by atoms with Crippen LogP contribution in [0.4, 0.5) is 5.69 Å². The molecule has 0 spiro atoms. The smallest absolute Gasteiger partial charge is 0.250 e.